The number of rotatable bonds is 3. The van der Waals surface area contributed by atoms with E-state index in [0.29, 0.717) is 0 Å². The minimum atomic E-state index is -4.45. The second-order valence-electron chi connectivity index (χ2n) is 3.11. The maximum absolute atomic E-state index is 11.0. The quantitative estimate of drug-likeness (QED) is 0.824. The molecule has 0 saturated heterocycles. The van der Waals surface area contributed by atoms with Crippen molar-refractivity contribution in [2.75, 3.05) is 11.0 Å². The normalized spacial score (nSPS) is 12.5. The van der Waals surface area contributed by atoms with Crippen LogP contribution in [0.25, 0.3) is 0 Å². The van der Waals surface area contributed by atoms with Crippen LogP contribution in [0, 0.1) is 0 Å². The van der Waals surface area contributed by atoms with Crippen molar-refractivity contribution in [1.82, 2.24) is 0 Å². The van der Waals surface area contributed by atoms with E-state index in [1.54, 1.807) is 0 Å². The molecule has 1 aromatic carbocycles. The lowest BCUT2D eigenvalue weighted by molar-refractivity contribution is 0.483. The third-order valence-corrected chi connectivity index (χ3v) is 3.60. The number of nitrogens with one attached hydrogen (secondary N) is 1. The van der Waals surface area contributed by atoms with Gasteiger partial charge in [-0.05, 0) is 12.1 Å². The van der Waals surface area contributed by atoms with Gasteiger partial charge >= 0.3 is 0 Å². The molecule has 1 aromatic rings. The van der Waals surface area contributed by atoms with Crippen molar-refractivity contribution in [3.63, 3.8) is 0 Å². The Morgan fingerprint density at radius 2 is 1.53 bits per heavy atom. The van der Waals surface area contributed by atoms with Crippen molar-refractivity contribution in [3.05, 3.63) is 22.2 Å². The zero-order chi connectivity index (χ0) is 13.4. The first-order chi connectivity index (χ1) is 7.50. The van der Waals surface area contributed by atoms with Gasteiger partial charge in [0.1, 0.15) is 0 Å². The lowest BCUT2D eigenvalue weighted by Gasteiger charge is -2.09. The van der Waals surface area contributed by atoms with E-state index in [0.717, 1.165) is 18.4 Å². The molecule has 0 aliphatic carbocycles. The van der Waals surface area contributed by atoms with Crippen molar-refractivity contribution < 1.29 is 21.4 Å². The van der Waals surface area contributed by atoms with Crippen molar-refractivity contribution in [3.8, 4) is 0 Å². The van der Waals surface area contributed by atoms with E-state index >= 15 is 0 Å². The molecule has 0 radical (unpaired) electrons. The third-order valence-electron chi connectivity index (χ3n) is 1.60. The maximum Gasteiger partial charge on any atom is 0.294 e. The second-order valence-corrected chi connectivity index (χ2v) is 7.10. The highest BCUT2D eigenvalue weighted by Crippen LogP contribution is 2.33. The summed E-state index contributed by atoms with van der Waals surface area (Å²) >= 11 is 11.3. The molecule has 2 N–H and O–H groups in total. The minimum Gasteiger partial charge on any atom is -0.282 e. The summed E-state index contributed by atoms with van der Waals surface area (Å²) < 4.78 is 54.5. The molecule has 0 bridgehead atoms. The smallest absolute Gasteiger partial charge is 0.282 e. The molecular weight excluding hydrogens is 313 g/mol. The molecular formula is C7H7Cl2NO5S2. The van der Waals surface area contributed by atoms with Crippen LogP contribution in [-0.2, 0) is 20.1 Å². The van der Waals surface area contributed by atoms with Gasteiger partial charge in [-0.3, -0.25) is 9.27 Å². The van der Waals surface area contributed by atoms with Crippen LogP contribution in [-0.4, -0.2) is 27.6 Å². The van der Waals surface area contributed by atoms with E-state index in [1.165, 1.54) is 0 Å². The van der Waals surface area contributed by atoms with E-state index in [-0.39, 0.29) is 15.7 Å². The van der Waals surface area contributed by atoms with Crippen LogP contribution in [0.1, 0.15) is 0 Å². The summed E-state index contributed by atoms with van der Waals surface area (Å²) in [7, 11) is -8.06. The minimum absolute atomic E-state index is 0.150. The fourth-order valence-electron chi connectivity index (χ4n) is 0.982. The number of anilines is 1. The maximum atomic E-state index is 11.0. The summed E-state index contributed by atoms with van der Waals surface area (Å²) in [4.78, 5) is -0.522. The first kappa shape index (κ1) is 14.5. The summed E-state index contributed by atoms with van der Waals surface area (Å²) in [5.41, 5.74) is -0.150. The zero-order valence-electron chi connectivity index (χ0n) is 8.31. The van der Waals surface area contributed by atoms with Crippen LogP contribution in [0.15, 0.2) is 17.0 Å². The molecule has 0 saturated carbocycles. The van der Waals surface area contributed by atoms with E-state index in [1.807, 2.05) is 4.72 Å². The summed E-state index contributed by atoms with van der Waals surface area (Å²) in [6.45, 7) is 0. The Morgan fingerprint density at radius 3 is 1.82 bits per heavy atom. The van der Waals surface area contributed by atoms with Gasteiger partial charge in [0.25, 0.3) is 10.1 Å². The summed E-state index contributed by atoms with van der Waals surface area (Å²) in [5, 5.41) is -0.480. The molecule has 17 heavy (non-hydrogen) atoms. The summed E-state index contributed by atoms with van der Waals surface area (Å²) in [6.07, 6.45) is 0.885. The van der Waals surface area contributed by atoms with Gasteiger partial charge in [0.05, 0.1) is 26.9 Å². The first-order valence-electron chi connectivity index (χ1n) is 3.95. The molecule has 0 aliphatic rings. The predicted molar refractivity (Wildman–Crippen MR) is 64.7 cm³/mol. The molecule has 0 heterocycles. The Bertz CT molecular complexity index is 630. The molecule has 10 heteroatoms. The van der Waals surface area contributed by atoms with Gasteiger partial charge in [-0.2, -0.15) is 8.42 Å². The SMILES string of the molecule is CS(=O)(=O)Nc1c(Cl)cc(S(=O)(=O)O)cc1Cl. The van der Waals surface area contributed by atoms with Gasteiger partial charge in [0, 0.05) is 0 Å². The highest BCUT2D eigenvalue weighted by atomic mass is 35.5. The standard InChI is InChI=1S/C7H7Cl2NO5S2/c1-16(11,12)10-7-5(8)2-4(3-6(7)9)17(13,14)15/h2-3,10H,1H3,(H,13,14,15). The Morgan fingerprint density at radius 1 is 1.12 bits per heavy atom. The van der Waals surface area contributed by atoms with Crippen molar-refractivity contribution >= 4 is 49.0 Å². The van der Waals surface area contributed by atoms with Gasteiger partial charge in [-0.1, -0.05) is 23.2 Å². The number of hydrogen-bond donors (Lipinski definition) is 2. The van der Waals surface area contributed by atoms with Crippen LogP contribution >= 0.6 is 23.2 Å². The Balaban J connectivity index is 3.40. The largest absolute Gasteiger partial charge is 0.294 e. The van der Waals surface area contributed by atoms with E-state index in [4.69, 9.17) is 27.8 Å². The number of hydrogen-bond acceptors (Lipinski definition) is 4. The zero-order valence-corrected chi connectivity index (χ0v) is 11.5. The van der Waals surface area contributed by atoms with Crippen LogP contribution in [0.3, 0.4) is 0 Å². The van der Waals surface area contributed by atoms with E-state index in [2.05, 4.69) is 0 Å². The predicted octanol–water partition coefficient (Wildman–Crippen LogP) is 1.61. The monoisotopic (exact) mass is 319 g/mol. The molecule has 0 aliphatic heterocycles. The van der Waals surface area contributed by atoms with Gasteiger partial charge in [0.15, 0.2) is 0 Å². The molecule has 96 valence electrons. The molecule has 1 rings (SSSR count). The van der Waals surface area contributed by atoms with Crippen molar-refractivity contribution in [2.24, 2.45) is 0 Å². The van der Waals surface area contributed by atoms with Crippen LogP contribution in [0.2, 0.25) is 10.0 Å². The average Bonchev–Trinajstić information content (AvgIpc) is 2.07. The fraction of sp³-hybridized carbons (Fsp3) is 0.143. The molecule has 0 atom stereocenters. The molecule has 0 spiro atoms. The van der Waals surface area contributed by atoms with Crippen LogP contribution in [0.4, 0.5) is 5.69 Å². The Kier molecular flexibility index (Phi) is 3.94. The fourth-order valence-corrected chi connectivity index (χ4v) is 2.93. The first-order valence-corrected chi connectivity index (χ1v) is 8.04. The number of halogens is 2. The number of benzene rings is 1. The highest BCUT2D eigenvalue weighted by Gasteiger charge is 2.17. The molecule has 6 nitrogen and oxygen atoms in total. The lowest BCUT2D eigenvalue weighted by Crippen LogP contribution is -2.11. The van der Waals surface area contributed by atoms with Gasteiger partial charge in [-0.15, -0.1) is 0 Å². The van der Waals surface area contributed by atoms with Gasteiger partial charge < -0.3 is 0 Å². The third kappa shape index (κ3) is 4.00. The van der Waals surface area contributed by atoms with Crippen molar-refractivity contribution in [1.29, 1.82) is 0 Å². The number of sulfonamides is 1. The molecule has 0 fully saturated rings. The average molecular weight is 320 g/mol. The van der Waals surface area contributed by atoms with E-state index < -0.39 is 25.0 Å². The van der Waals surface area contributed by atoms with E-state index in [9.17, 15) is 16.8 Å². The van der Waals surface area contributed by atoms with Crippen molar-refractivity contribution in [2.45, 2.75) is 4.90 Å². The molecule has 0 aromatic heterocycles. The topological polar surface area (TPSA) is 101 Å². The lowest BCUT2D eigenvalue weighted by atomic mass is 10.3. The second kappa shape index (κ2) is 4.62. The highest BCUT2D eigenvalue weighted by molar-refractivity contribution is 7.92. The van der Waals surface area contributed by atoms with Crippen LogP contribution < -0.4 is 4.72 Å². The van der Waals surface area contributed by atoms with Crippen LogP contribution in [0.5, 0.6) is 0 Å². The molecule has 0 unspecified atom stereocenters. The summed E-state index contributed by atoms with van der Waals surface area (Å²) in [6, 6.07) is 1.77. The Hall–Kier alpha value is -0.540. The van der Waals surface area contributed by atoms with Gasteiger partial charge in [-0.25, -0.2) is 8.42 Å². The Labute approximate surface area is 108 Å². The summed E-state index contributed by atoms with van der Waals surface area (Å²) in [5.74, 6) is 0. The van der Waals surface area contributed by atoms with Gasteiger partial charge in [0.2, 0.25) is 10.0 Å². The molecule has 0 amide bonds.